The van der Waals surface area contributed by atoms with E-state index in [9.17, 15) is 4.79 Å². The molecule has 1 aromatic carbocycles. The van der Waals surface area contributed by atoms with Crippen molar-refractivity contribution in [2.45, 2.75) is 19.9 Å². The van der Waals surface area contributed by atoms with Gasteiger partial charge in [0.15, 0.2) is 0 Å². The molecular weight excluding hydrogens is 314 g/mol. The van der Waals surface area contributed by atoms with Gasteiger partial charge in [0.05, 0.1) is 0 Å². The summed E-state index contributed by atoms with van der Waals surface area (Å²) in [6.07, 6.45) is 1.11. The standard InChI is InChI=1S/C19H23N5O/c1-13-8-18(23-22-13)19(25)20-10-14-6-7-24(11-14)12-16-9-15-4-2-3-5-17(15)21-16/h2-5,8-9,14,21H,6-7,10-12H2,1H3,(H,20,25)(H,22,23). The van der Waals surface area contributed by atoms with Crippen LogP contribution in [-0.2, 0) is 6.54 Å². The molecule has 4 rings (SSSR count). The minimum Gasteiger partial charge on any atom is -0.357 e. The minimum atomic E-state index is -0.0987. The molecule has 1 fully saturated rings. The SMILES string of the molecule is Cc1cc(C(=O)NCC2CCN(Cc3cc4ccccc4[nH]3)C2)n[nH]1. The molecule has 1 aliphatic heterocycles. The maximum absolute atomic E-state index is 12.1. The summed E-state index contributed by atoms with van der Waals surface area (Å²) in [4.78, 5) is 18.0. The fraction of sp³-hybridized carbons (Fsp3) is 0.368. The molecule has 0 radical (unpaired) electrons. The van der Waals surface area contributed by atoms with Crippen molar-refractivity contribution in [3.05, 3.63) is 53.5 Å². The van der Waals surface area contributed by atoms with Crippen LogP contribution in [-0.4, -0.2) is 45.6 Å². The number of hydrogen-bond acceptors (Lipinski definition) is 3. The lowest BCUT2D eigenvalue weighted by atomic mass is 10.1. The molecule has 2 aromatic heterocycles. The number of nitrogens with one attached hydrogen (secondary N) is 3. The van der Waals surface area contributed by atoms with Crippen LogP contribution in [0, 0.1) is 12.8 Å². The second kappa shape index (κ2) is 6.72. The first-order valence-electron chi connectivity index (χ1n) is 8.76. The van der Waals surface area contributed by atoms with Gasteiger partial charge in [-0.15, -0.1) is 0 Å². The van der Waals surface area contributed by atoms with E-state index in [-0.39, 0.29) is 5.91 Å². The van der Waals surface area contributed by atoms with Crippen molar-refractivity contribution in [2.24, 2.45) is 5.92 Å². The van der Waals surface area contributed by atoms with Gasteiger partial charge in [0.2, 0.25) is 0 Å². The number of rotatable bonds is 5. The van der Waals surface area contributed by atoms with Crippen LogP contribution in [0.5, 0.6) is 0 Å². The van der Waals surface area contributed by atoms with Gasteiger partial charge in [-0.1, -0.05) is 18.2 Å². The summed E-state index contributed by atoms with van der Waals surface area (Å²) in [5.74, 6) is 0.395. The van der Waals surface area contributed by atoms with Crippen LogP contribution in [0.4, 0.5) is 0 Å². The predicted octanol–water partition coefficient (Wildman–Crippen LogP) is 2.45. The zero-order chi connectivity index (χ0) is 17.2. The van der Waals surface area contributed by atoms with Crippen LogP contribution in [0.15, 0.2) is 36.4 Å². The van der Waals surface area contributed by atoms with Gasteiger partial charge < -0.3 is 10.3 Å². The van der Waals surface area contributed by atoms with Crippen molar-refractivity contribution in [1.29, 1.82) is 0 Å². The number of hydrogen-bond donors (Lipinski definition) is 3. The molecule has 3 N–H and O–H groups in total. The molecule has 25 heavy (non-hydrogen) atoms. The van der Waals surface area contributed by atoms with E-state index >= 15 is 0 Å². The van der Waals surface area contributed by atoms with Crippen molar-refractivity contribution >= 4 is 16.8 Å². The average Bonchev–Trinajstić information content (AvgIpc) is 3.32. The number of fused-ring (bicyclic) bond motifs is 1. The number of amides is 1. The molecule has 0 spiro atoms. The van der Waals surface area contributed by atoms with Gasteiger partial charge in [0.25, 0.3) is 5.91 Å². The van der Waals surface area contributed by atoms with E-state index in [1.54, 1.807) is 6.07 Å². The number of para-hydroxylation sites is 1. The molecular formula is C19H23N5O. The quantitative estimate of drug-likeness (QED) is 0.669. The molecule has 0 aliphatic carbocycles. The first-order chi connectivity index (χ1) is 12.2. The molecule has 3 aromatic rings. The molecule has 1 unspecified atom stereocenters. The zero-order valence-corrected chi connectivity index (χ0v) is 14.4. The Bertz CT molecular complexity index is 848. The number of carbonyl (C=O) groups is 1. The summed E-state index contributed by atoms with van der Waals surface area (Å²) in [7, 11) is 0. The number of likely N-dealkylation sites (tertiary alicyclic amines) is 1. The highest BCUT2D eigenvalue weighted by atomic mass is 16.1. The summed E-state index contributed by atoms with van der Waals surface area (Å²) in [5, 5.41) is 11.1. The van der Waals surface area contributed by atoms with Gasteiger partial charge >= 0.3 is 0 Å². The normalized spacial score (nSPS) is 18.0. The summed E-state index contributed by atoms with van der Waals surface area (Å²) >= 11 is 0. The molecule has 3 heterocycles. The smallest absolute Gasteiger partial charge is 0.271 e. The molecule has 6 nitrogen and oxygen atoms in total. The Morgan fingerprint density at radius 3 is 3.04 bits per heavy atom. The summed E-state index contributed by atoms with van der Waals surface area (Å²) < 4.78 is 0. The Balaban J connectivity index is 1.28. The van der Waals surface area contributed by atoms with Gasteiger partial charge in [-0.25, -0.2) is 0 Å². The van der Waals surface area contributed by atoms with Gasteiger partial charge in [0.1, 0.15) is 5.69 Å². The summed E-state index contributed by atoms with van der Waals surface area (Å²) in [6.45, 7) is 5.60. The van der Waals surface area contributed by atoms with Crippen molar-refractivity contribution in [3.63, 3.8) is 0 Å². The highest BCUT2D eigenvalue weighted by molar-refractivity contribution is 5.92. The highest BCUT2D eigenvalue weighted by Gasteiger charge is 2.23. The van der Waals surface area contributed by atoms with Crippen LogP contribution in [0.25, 0.3) is 10.9 Å². The summed E-state index contributed by atoms with van der Waals surface area (Å²) in [6, 6.07) is 12.4. The van der Waals surface area contributed by atoms with Gasteiger partial charge in [-0.05, 0) is 49.4 Å². The lowest BCUT2D eigenvalue weighted by molar-refractivity contribution is 0.0942. The van der Waals surface area contributed by atoms with Crippen molar-refractivity contribution in [1.82, 2.24) is 25.4 Å². The molecule has 0 saturated carbocycles. The van der Waals surface area contributed by atoms with E-state index in [4.69, 9.17) is 0 Å². The van der Waals surface area contributed by atoms with Crippen molar-refractivity contribution in [2.75, 3.05) is 19.6 Å². The fourth-order valence-electron chi connectivity index (χ4n) is 3.54. The van der Waals surface area contributed by atoms with Crippen LogP contribution < -0.4 is 5.32 Å². The Labute approximate surface area is 146 Å². The number of aromatic amines is 2. The largest absolute Gasteiger partial charge is 0.357 e. The predicted molar refractivity (Wildman–Crippen MR) is 97.3 cm³/mol. The number of carbonyl (C=O) groups excluding carboxylic acids is 1. The Morgan fingerprint density at radius 2 is 2.24 bits per heavy atom. The van der Waals surface area contributed by atoms with Gasteiger partial charge in [0, 0.05) is 36.5 Å². The molecule has 6 heteroatoms. The molecule has 1 atom stereocenters. The van der Waals surface area contributed by atoms with Crippen LogP contribution in [0.2, 0.25) is 0 Å². The summed E-state index contributed by atoms with van der Waals surface area (Å²) in [5.41, 5.74) is 3.80. The zero-order valence-electron chi connectivity index (χ0n) is 14.4. The van der Waals surface area contributed by atoms with E-state index in [1.165, 1.54) is 16.6 Å². The molecule has 1 saturated heterocycles. The minimum absolute atomic E-state index is 0.0987. The molecule has 1 amide bonds. The van der Waals surface area contributed by atoms with Crippen LogP contribution >= 0.6 is 0 Å². The number of aryl methyl sites for hydroxylation is 1. The molecule has 1 aliphatic rings. The highest BCUT2D eigenvalue weighted by Crippen LogP contribution is 2.20. The number of benzene rings is 1. The van der Waals surface area contributed by atoms with E-state index < -0.39 is 0 Å². The second-order valence-electron chi connectivity index (χ2n) is 6.92. The lowest BCUT2D eigenvalue weighted by Gasteiger charge is -2.15. The van der Waals surface area contributed by atoms with E-state index in [1.807, 2.05) is 6.92 Å². The Kier molecular flexibility index (Phi) is 4.28. The third-order valence-corrected chi connectivity index (χ3v) is 4.84. The molecule has 130 valence electrons. The van der Waals surface area contributed by atoms with Crippen LogP contribution in [0.3, 0.4) is 0 Å². The van der Waals surface area contributed by atoms with Gasteiger partial charge in [-0.2, -0.15) is 5.10 Å². The van der Waals surface area contributed by atoms with Crippen LogP contribution in [0.1, 0.15) is 28.3 Å². The Morgan fingerprint density at radius 1 is 1.36 bits per heavy atom. The second-order valence-corrected chi connectivity index (χ2v) is 6.92. The fourth-order valence-corrected chi connectivity index (χ4v) is 3.54. The first kappa shape index (κ1) is 15.9. The van der Waals surface area contributed by atoms with E-state index in [0.29, 0.717) is 18.2 Å². The maximum Gasteiger partial charge on any atom is 0.271 e. The molecule has 0 bridgehead atoms. The van der Waals surface area contributed by atoms with Crippen molar-refractivity contribution in [3.8, 4) is 0 Å². The van der Waals surface area contributed by atoms with E-state index in [0.717, 1.165) is 31.7 Å². The van der Waals surface area contributed by atoms with Crippen molar-refractivity contribution < 1.29 is 4.79 Å². The number of nitrogens with zero attached hydrogens (tertiary/aromatic N) is 2. The van der Waals surface area contributed by atoms with Gasteiger partial charge in [-0.3, -0.25) is 14.8 Å². The topological polar surface area (TPSA) is 76.8 Å². The van der Waals surface area contributed by atoms with E-state index in [2.05, 4.69) is 55.7 Å². The average molecular weight is 337 g/mol. The number of aromatic nitrogens is 3. The first-order valence-corrected chi connectivity index (χ1v) is 8.76. The third kappa shape index (κ3) is 3.58. The third-order valence-electron chi connectivity index (χ3n) is 4.84. The Hall–Kier alpha value is -2.60. The lowest BCUT2D eigenvalue weighted by Crippen LogP contribution is -2.31. The number of H-pyrrole nitrogens is 2. The monoisotopic (exact) mass is 337 g/mol. The maximum atomic E-state index is 12.1.